The smallest absolute Gasteiger partial charge is 0.264 e. The Kier molecular flexibility index (Phi) is 12.3. The molecule has 0 radical (unpaired) electrons. The summed E-state index contributed by atoms with van der Waals surface area (Å²) in [5.74, 6) is 0.842. The molecule has 1 N–H and O–H groups in total. The second-order valence-electron chi connectivity index (χ2n) is 11.6. The third-order valence-corrected chi connectivity index (χ3v) is 9.81. The van der Waals surface area contributed by atoms with Crippen molar-refractivity contribution in [2.45, 2.75) is 37.2 Å². The molecule has 2 amide bonds. The van der Waals surface area contributed by atoms with Crippen LogP contribution in [0, 0.1) is 0 Å². The quantitative estimate of drug-likeness (QED) is 0.121. The van der Waals surface area contributed by atoms with Gasteiger partial charge in [0.25, 0.3) is 10.0 Å². The molecule has 9 nitrogen and oxygen atoms in total. The van der Waals surface area contributed by atoms with Crippen molar-refractivity contribution in [2.24, 2.45) is 0 Å². The summed E-state index contributed by atoms with van der Waals surface area (Å²) < 4.78 is 41.0. The number of nitrogens with one attached hydrogen (secondary N) is 1. The number of amides is 2. The second-order valence-corrected chi connectivity index (χ2v) is 13.5. The van der Waals surface area contributed by atoms with E-state index in [1.54, 1.807) is 61.7 Å². The predicted octanol–water partition coefficient (Wildman–Crippen LogP) is 6.85. The number of nitrogens with zero attached hydrogens (tertiary/aromatic N) is 2. The zero-order valence-electron chi connectivity index (χ0n) is 28.1. The lowest BCUT2D eigenvalue weighted by Crippen LogP contribution is -2.53. The molecule has 258 valence electrons. The average molecular weight is 692 g/mol. The van der Waals surface area contributed by atoms with Crippen LogP contribution >= 0.6 is 0 Å². The van der Waals surface area contributed by atoms with Crippen molar-refractivity contribution in [3.63, 3.8) is 0 Å². The molecule has 0 saturated heterocycles. The molecule has 50 heavy (non-hydrogen) atoms. The molecule has 5 rings (SSSR count). The number of anilines is 1. The highest BCUT2D eigenvalue weighted by Crippen LogP contribution is 2.29. The van der Waals surface area contributed by atoms with Crippen LogP contribution in [-0.4, -0.2) is 51.4 Å². The van der Waals surface area contributed by atoms with Gasteiger partial charge in [-0.15, -0.1) is 0 Å². The molecule has 0 saturated carbocycles. The van der Waals surface area contributed by atoms with E-state index in [1.165, 1.54) is 17.0 Å². The van der Waals surface area contributed by atoms with E-state index in [0.717, 1.165) is 15.4 Å². The first-order chi connectivity index (χ1) is 24.3. The molecule has 0 aliphatic heterocycles. The molecule has 0 unspecified atom stereocenters. The summed E-state index contributed by atoms with van der Waals surface area (Å²) in [7, 11) is -2.68. The van der Waals surface area contributed by atoms with Crippen molar-refractivity contribution < 1.29 is 27.5 Å². The number of hydrogen-bond acceptors (Lipinski definition) is 6. The Morgan fingerprint density at radius 1 is 0.720 bits per heavy atom. The van der Waals surface area contributed by atoms with Gasteiger partial charge in [0.1, 0.15) is 29.8 Å². The number of hydrogen-bond donors (Lipinski definition) is 1. The van der Waals surface area contributed by atoms with E-state index in [0.29, 0.717) is 30.2 Å². The average Bonchev–Trinajstić information content (AvgIpc) is 3.15. The second kappa shape index (κ2) is 17.2. The van der Waals surface area contributed by atoms with E-state index in [4.69, 9.17) is 9.47 Å². The normalized spacial score (nSPS) is 11.6. The van der Waals surface area contributed by atoms with Gasteiger partial charge in [-0.05, 0) is 78.2 Å². The van der Waals surface area contributed by atoms with E-state index in [9.17, 15) is 18.0 Å². The van der Waals surface area contributed by atoms with Gasteiger partial charge in [0.15, 0.2) is 0 Å². The topological polar surface area (TPSA) is 105 Å². The number of ether oxygens (including phenoxy) is 2. The first kappa shape index (κ1) is 35.7. The fraction of sp³-hybridized carbons (Fsp3) is 0.200. The molecule has 0 aliphatic rings. The molecule has 0 bridgehead atoms. The molecule has 0 fully saturated rings. The first-order valence-corrected chi connectivity index (χ1v) is 17.9. The van der Waals surface area contributed by atoms with Gasteiger partial charge >= 0.3 is 0 Å². The monoisotopic (exact) mass is 691 g/mol. The van der Waals surface area contributed by atoms with E-state index < -0.39 is 28.5 Å². The highest BCUT2D eigenvalue weighted by molar-refractivity contribution is 7.92. The van der Waals surface area contributed by atoms with E-state index in [2.05, 4.69) is 5.32 Å². The summed E-state index contributed by atoms with van der Waals surface area (Å²) >= 11 is 0. The van der Waals surface area contributed by atoms with Crippen molar-refractivity contribution in [2.75, 3.05) is 24.5 Å². The molecule has 10 heteroatoms. The van der Waals surface area contributed by atoms with Gasteiger partial charge in [0.2, 0.25) is 11.8 Å². The van der Waals surface area contributed by atoms with Crippen LogP contribution in [0.25, 0.3) is 0 Å². The van der Waals surface area contributed by atoms with Crippen molar-refractivity contribution in [3.8, 4) is 17.2 Å². The molecule has 5 aromatic carbocycles. The van der Waals surface area contributed by atoms with Crippen LogP contribution in [0.15, 0.2) is 144 Å². The summed E-state index contributed by atoms with van der Waals surface area (Å²) in [6.45, 7) is 1.86. The number of rotatable bonds is 16. The SMILES string of the molecule is CCCNC(=O)[C@H](Cc1ccccc1)N(Cc1cccc(OC)c1)C(=O)CN(c1ccc(Oc2ccccc2)cc1)S(=O)(=O)c1ccccc1. The Hall–Kier alpha value is -5.61. The molecule has 0 aliphatic carbocycles. The summed E-state index contributed by atoms with van der Waals surface area (Å²) in [4.78, 5) is 30.0. The Morgan fingerprint density at radius 2 is 1.30 bits per heavy atom. The van der Waals surface area contributed by atoms with Crippen LogP contribution in [0.4, 0.5) is 5.69 Å². The minimum atomic E-state index is -4.23. The van der Waals surface area contributed by atoms with Gasteiger partial charge < -0.3 is 19.7 Å². The molecule has 0 aromatic heterocycles. The third kappa shape index (κ3) is 9.29. The van der Waals surface area contributed by atoms with Crippen LogP contribution < -0.4 is 19.1 Å². The third-order valence-electron chi connectivity index (χ3n) is 8.02. The van der Waals surface area contributed by atoms with E-state index in [-0.39, 0.29) is 29.5 Å². The highest BCUT2D eigenvalue weighted by atomic mass is 32.2. The Bertz CT molecular complexity index is 1940. The maximum atomic E-state index is 14.7. The minimum absolute atomic E-state index is 0.0262. The molecule has 5 aromatic rings. The number of methoxy groups -OCH3 is 1. The van der Waals surface area contributed by atoms with Crippen molar-refractivity contribution in [1.29, 1.82) is 0 Å². The molecule has 0 heterocycles. The van der Waals surface area contributed by atoms with Gasteiger partial charge in [-0.25, -0.2) is 8.42 Å². The fourth-order valence-corrected chi connectivity index (χ4v) is 6.88. The predicted molar refractivity (Wildman–Crippen MR) is 195 cm³/mol. The Labute approximate surface area is 294 Å². The standard InChI is InChI=1S/C40H41N3O6S/c1-3-26-41-40(45)38(28-31-14-7-4-8-15-31)42(29-32-16-13-19-36(27-32)48-2)39(44)30-43(50(46,47)37-20-11-6-12-21-37)33-22-24-35(25-23-33)49-34-17-9-5-10-18-34/h4-25,27,38H,3,26,28-30H2,1-2H3,(H,41,45)/t38-/m0/s1. The van der Waals surface area contributed by atoms with Crippen LogP contribution in [0.1, 0.15) is 24.5 Å². The lowest BCUT2D eigenvalue weighted by Gasteiger charge is -2.34. The molecular weight excluding hydrogens is 651 g/mol. The number of benzene rings is 5. The summed E-state index contributed by atoms with van der Waals surface area (Å²) in [5.41, 5.74) is 1.84. The van der Waals surface area contributed by atoms with Crippen molar-refractivity contribution >= 4 is 27.5 Å². The van der Waals surface area contributed by atoms with Crippen LogP contribution in [0.5, 0.6) is 17.2 Å². The van der Waals surface area contributed by atoms with E-state index in [1.807, 2.05) is 79.7 Å². The van der Waals surface area contributed by atoms with E-state index >= 15 is 0 Å². The minimum Gasteiger partial charge on any atom is -0.497 e. The van der Waals surface area contributed by atoms with Gasteiger partial charge in [0.05, 0.1) is 17.7 Å². The summed E-state index contributed by atoms with van der Waals surface area (Å²) in [6, 6.07) is 39.5. The van der Waals surface area contributed by atoms with Crippen molar-refractivity contribution in [1.82, 2.24) is 10.2 Å². The number of carbonyl (C=O) groups is 2. The number of para-hydroxylation sites is 1. The largest absolute Gasteiger partial charge is 0.497 e. The lowest BCUT2D eigenvalue weighted by atomic mass is 10.0. The van der Waals surface area contributed by atoms with Gasteiger partial charge in [-0.2, -0.15) is 0 Å². The zero-order valence-corrected chi connectivity index (χ0v) is 29.0. The maximum absolute atomic E-state index is 14.7. The highest BCUT2D eigenvalue weighted by Gasteiger charge is 2.34. The van der Waals surface area contributed by atoms with Crippen LogP contribution in [0.2, 0.25) is 0 Å². The Morgan fingerprint density at radius 3 is 1.94 bits per heavy atom. The Balaban J connectivity index is 1.55. The number of carbonyl (C=O) groups excluding carboxylic acids is 2. The van der Waals surface area contributed by atoms with Crippen LogP contribution in [0.3, 0.4) is 0 Å². The number of sulfonamides is 1. The molecule has 1 atom stereocenters. The molecule has 0 spiro atoms. The van der Waals surface area contributed by atoms with Crippen molar-refractivity contribution in [3.05, 3.63) is 151 Å². The van der Waals surface area contributed by atoms with Crippen LogP contribution in [-0.2, 0) is 32.6 Å². The zero-order chi connectivity index (χ0) is 35.3. The summed E-state index contributed by atoms with van der Waals surface area (Å²) in [6.07, 6.45) is 0.934. The maximum Gasteiger partial charge on any atom is 0.264 e. The fourth-order valence-electron chi connectivity index (χ4n) is 5.44. The van der Waals surface area contributed by atoms with Gasteiger partial charge in [0, 0.05) is 19.5 Å². The molecular formula is C40H41N3O6S. The first-order valence-electron chi connectivity index (χ1n) is 16.4. The lowest BCUT2D eigenvalue weighted by molar-refractivity contribution is -0.140. The van der Waals surface area contributed by atoms with Gasteiger partial charge in [-0.1, -0.05) is 85.8 Å². The van der Waals surface area contributed by atoms with Gasteiger partial charge in [-0.3, -0.25) is 13.9 Å². The summed E-state index contributed by atoms with van der Waals surface area (Å²) in [5, 5.41) is 2.96.